The van der Waals surface area contributed by atoms with Gasteiger partial charge in [-0.05, 0) is 0 Å². The second-order valence-corrected chi connectivity index (χ2v) is 0.715. The van der Waals surface area contributed by atoms with Crippen molar-refractivity contribution in [3.05, 3.63) is 0 Å². The monoisotopic (exact) mass is 274 g/mol. The Kier molecular flexibility index (Phi) is 6.45. The third kappa shape index (κ3) is 5.81. The molecular formula is CH4BaFeO4. The molecule has 0 amide bonds. The maximum atomic E-state index is 7.74. The second kappa shape index (κ2) is 3.86. The maximum absolute atomic E-state index is 7.74. The zero-order valence-electron chi connectivity index (χ0n) is 2.56. The van der Waals surface area contributed by atoms with Crippen LogP contribution in [0.1, 0.15) is 0 Å². The fraction of sp³-hybridized carbons (Fsp3) is 1.00. The van der Waals surface area contributed by atoms with Gasteiger partial charge in [0.15, 0.2) is 0 Å². The summed E-state index contributed by atoms with van der Waals surface area (Å²) in [4.78, 5) is 7.01. The summed E-state index contributed by atoms with van der Waals surface area (Å²) in [6.45, 7) is 0. The molecule has 1 rings (SSSR count). The van der Waals surface area contributed by atoms with Crippen molar-refractivity contribution < 1.29 is 37.1 Å². The first kappa shape index (κ1) is 11.7. The van der Waals surface area contributed by atoms with Crippen molar-refractivity contribution in [1.29, 1.82) is 0 Å². The van der Waals surface area contributed by atoms with E-state index in [2.05, 4.69) is 9.78 Å². The predicted molar refractivity (Wildman–Crippen MR) is 17.9 cm³/mol. The molecule has 1 fully saturated rings. The Labute approximate surface area is 90.7 Å². The summed E-state index contributed by atoms with van der Waals surface area (Å²) >= 11 is 0. The molecule has 4 nitrogen and oxygen atoms in total. The minimum Gasteiger partial charge on any atom is 0 e. The van der Waals surface area contributed by atoms with Gasteiger partial charge in [0.1, 0.15) is 0 Å². The van der Waals surface area contributed by atoms with Crippen molar-refractivity contribution >= 4 is 48.9 Å². The van der Waals surface area contributed by atoms with Gasteiger partial charge < -0.3 is 10.2 Å². The van der Waals surface area contributed by atoms with Crippen LogP contribution in [0.15, 0.2) is 0 Å². The van der Waals surface area contributed by atoms with Crippen LogP contribution >= 0.6 is 0 Å². The number of hydrogen-bond acceptors (Lipinski definition) is 4. The molecule has 0 radical (unpaired) electrons. The third-order valence-corrected chi connectivity index (χ3v) is 0.232. The first-order valence-corrected chi connectivity index (χ1v) is 1.02. The van der Waals surface area contributed by atoms with Gasteiger partial charge >= 0.3 is 55.0 Å². The van der Waals surface area contributed by atoms with Gasteiger partial charge in [-0.1, -0.05) is 0 Å². The van der Waals surface area contributed by atoms with E-state index in [0.717, 1.165) is 0 Å². The number of hydrogen-bond donors (Lipinski definition) is 2. The largest absolute Gasteiger partial charge is 0 e. The SMILES string of the molecule is OC1(O)OO1.[BaH2].[Fe]. The quantitative estimate of drug-likeness (QED) is 0.224. The van der Waals surface area contributed by atoms with Crippen LogP contribution < -0.4 is 0 Å². The molecule has 2 N–H and O–H groups in total. The van der Waals surface area contributed by atoms with Gasteiger partial charge in [-0.3, -0.25) is 0 Å². The molecule has 0 aromatic rings. The van der Waals surface area contributed by atoms with Gasteiger partial charge in [-0.25, -0.2) is 0 Å². The Balaban J connectivity index is 0. The van der Waals surface area contributed by atoms with Crippen LogP contribution in [0.5, 0.6) is 0 Å². The summed E-state index contributed by atoms with van der Waals surface area (Å²) in [5, 5.41) is 15.5. The van der Waals surface area contributed by atoms with E-state index in [0.29, 0.717) is 0 Å². The molecular weight excluding hydrogens is 269 g/mol. The molecule has 0 spiro atoms. The molecule has 1 aliphatic heterocycles. The Morgan fingerprint density at radius 1 is 1.14 bits per heavy atom. The first-order chi connectivity index (χ1) is 2.21. The standard InChI is InChI=1S/CH2O4.Ba.Fe.2H/c2-1(3)4-5-1;;;;/h2-3H;;;;. The van der Waals surface area contributed by atoms with Crippen LogP contribution in [0.2, 0.25) is 0 Å². The Bertz CT molecular complexity index is 49.7. The van der Waals surface area contributed by atoms with Gasteiger partial charge in [-0.15, -0.1) is 9.78 Å². The van der Waals surface area contributed by atoms with Crippen molar-refractivity contribution in [2.24, 2.45) is 0 Å². The molecule has 0 unspecified atom stereocenters. The zero-order chi connectivity index (χ0) is 3.91. The molecule has 0 bridgehead atoms. The fourth-order valence-electron chi connectivity index (χ4n) is 0.0373. The normalized spacial score (nSPS) is 21.4. The minimum atomic E-state index is -2.25. The van der Waals surface area contributed by atoms with Crippen LogP contribution in [-0.2, 0) is 26.8 Å². The average Bonchev–Trinajstić information content (AvgIpc) is 1.76. The van der Waals surface area contributed by atoms with E-state index in [1.54, 1.807) is 0 Å². The van der Waals surface area contributed by atoms with E-state index in [9.17, 15) is 0 Å². The van der Waals surface area contributed by atoms with E-state index < -0.39 is 6.16 Å². The molecule has 1 heterocycles. The van der Waals surface area contributed by atoms with Crippen molar-refractivity contribution in [3.8, 4) is 0 Å². The topological polar surface area (TPSA) is 65.5 Å². The van der Waals surface area contributed by atoms with Gasteiger partial charge in [0.05, 0.1) is 0 Å². The van der Waals surface area contributed by atoms with E-state index in [1.807, 2.05) is 0 Å². The van der Waals surface area contributed by atoms with Crippen molar-refractivity contribution in [2.75, 3.05) is 0 Å². The van der Waals surface area contributed by atoms with Crippen molar-refractivity contribution in [2.45, 2.75) is 6.16 Å². The van der Waals surface area contributed by atoms with Crippen LogP contribution in [0, 0.1) is 0 Å². The van der Waals surface area contributed by atoms with Gasteiger partial charge in [-0.2, -0.15) is 0 Å². The van der Waals surface area contributed by atoms with Crippen molar-refractivity contribution in [1.82, 2.24) is 0 Å². The molecule has 0 atom stereocenters. The summed E-state index contributed by atoms with van der Waals surface area (Å²) in [5.74, 6) is 0. The fourth-order valence-corrected chi connectivity index (χ4v) is 0.0373. The van der Waals surface area contributed by atoms with Crippen molar-refractivity contribution in [3.63, 3.8) is 0 Å². The molecule has 1 saturated heterocycles. The van der Waals surface area contributed by atoms with Gasteiger partial charge in [0.2, 0.25) is 0 Å². The smallest absolute Gasteiger partial charge is 0 e. The summed E-state index contributed by atoms with van der Waals surface area (Å²) in [6, 6.07) is 0. The molecule has 0 saturated carbocycles. The summed E-state index contributed by atoms with van der Waals surface area (Å²) in [5.41, 5.74) is 0. The zero-order valence-corrected chi connectivity index (χ0v) is 3.67. The predicted octanol–water partition coefficient (Wildman–Crippen LogP) is -2.37. The van der Waals surface area contributed by atoms with E-state index in [-0.39, 0.29) is 65.9 Å². The van der Waals surface area contributed by atoms with Crippen LogP contribution in [0.25, 0.3) is 0 Å². The van der Waals surface area contributed by atoms with Crippen LogP contribution in [0.3, 0.4) is 0 Å². The first-order valence-electron chi connectivity index (χ1n) is 1.02. The molecule has 42 valence electrons. The summed E-state index contributed by atoms with van der Waals surface area (Å²) in [6.07, 6.45) is -2.25. The Hall–Kier alpha value is 1.93. The van der Waals surface area contributed by atoms with Gasteiger partial charge in [0, 0.05) is 17.1 Å². The molecule has 0 aromatic heterocycles. The summed E-state index contributed by atoms with van der Waals surface area (Å²) < 4.78 is 0. The Morgan fingerprint density at radius 3 is 1.29 bits per heavy atom. The maximum Gasteiger partial charge on any atom is 0 e. The van der Waals surface area contributed by atoms with E-state index in [4.69, 9.17) is 10.2 Å². The molecule has 1 aliphatic rings. The van der Waals surface area contributed by atoms with Gasteiger partial charge in [0.25, 0.3) is 0 Å². The van der Waals surface area contributed by atoms with Crippen LogP contribution in [0.4, 0.5) is 0 Å². The molecule has 6 heteroatoms. The number of aliphatic hydroxyl groups is 2. The van der Waals surface area contributed by atoms with E-state index in [1.165, 1.54) is 0 Å². The van der Waals surface area contributed by atoms with Crippen LogP contribution in [-0.4, -0.2) is 65.3 Å². The average molecular weight is 273 g/mol. The molecule has 0 aromatic carbocycles. The van der Waals surface area contributed by atoms with E-state index >= 15 is 0 Å². The molecule has 7 heavy (non-hydrogen) atoms. The number of rotatable bonds is 0. The summed E-state index contributed by atoms with van der Waals surface area (Å²) in [7, 11) is 0. The minimum absolute atomic E-state index is 0. The third-order valence-electron chi connectivity index (χ3n) is 0.232. The second-order valence-electron chi connectivity index (χ2n) is 0.715. The Morgan fingerprint density at radius 2 is 1.29 bits per heavy atom. The molecule has 0 aliphatic carbocycles.